The maximum absolute atomic E-state index is 13.6. The summed E-state index contributed by atoms with van der Waals surface area (Å²) in [5.74, 6) is -0.245. The first-order chi connectivity index (χ1) is 14.2. The predicted molar refractivity (Wildman–Crippen MR) is 107 cm³/mol. The number of aromatic nitrogens is 2. The summed E-state index contributed by atoms with van der Waals surface area (Å²) >= 11 is 1.63. The van der Waals surface area contributed by atoms with Crippen molar-refractivity contribution in [3.8, 4) is 0 Å². The number of aryl methyl sites for hydroxylation is 1. The van der Waals surface area contributed by atoms with Crippen LogP contribution >= 0.6 is 11.3 Å². The molecule has 1 aliphatic heterocycles. The van der Waals surface area contributed by atoms with Crippen molar-refractivity contribution in [2.45, 2.75) is 45.2 Å². The van der Waals surface area contributed by atoms with Crippen molar-refractivity contribution in [1.29, 1.82) is 0 Å². The molecule has 0 spiro atoms. The molecule has 1 fully saturated rings. The van der Waals surface area contributed by atoms with Crippen molar-refractivity contribution < 1.29 is 22.5 Å². The van der Waals surface area contributed by atoms with Crippen LogP contribution in [0.1, 0.15) is 47.5 Å². The third-order valence-corrected chi connectivity index (χ3v) is 6.51. The highest BCUT2D eigenvalue weighted by molar-refractivity contribution is 7.09. The molecule has 3 aromatic heterocycles. The van der Waals surface area contributed by atoms with Gasteiger partial charge >= 0.3 is 6.18 Å². The van der Waals surface area contributed by atoms with Crippen molar-refractivity contribution in [2.24, 2.45) is 5.92 Å². The highest BCUT2D eigenvalue weighted by Crippen LogP contribution is 2.40. The number of pyridine rings is 1. The molecule has 160 valence electrons. The Kier molecular flexibility index (Phi) is 5.57. The van der Waals surface area contributed by atoms with Crippen LogP contribution in [0.25, 0.3) is 11.1 Å². The fourth-order valence-corrected chi connectivity index (χ4v) is 4.94. The van der Waals surface area contributed by atoms with Crippen molar-refractivity contribution >= 4 is 28.3 Å². The zero-order valence-electron chi connectivity index (χ0n) is 16.7. The zero-order valence-corrected chi connectivity index (χ0v) is 17.5. The minimum absolute atomic E-state index is 0.0519. The third kappa shape index (κ3) is 4.08. The molecule has 0 saturated carbocycles. The van der Waals surface area contributed by atoms with Gasteiger partial charge in [0.05, 0.1) is 16.6 Å². The summed E-state index contributed by atoms with van der Waals surface area (Å²) in [5, 5.41) is 5.89. The SMILES string of the molecule is Cc1cc(C(F)(F)F)c2c(C3CCN(C(=O)[C@@H](C)Cc4cccs4)CC3)noc2n1. The molecule has 0 aliphatic carbocycles. The van der Waals surface area contributed by atoms with E-state index in [1.807, 2.05) is 29.3 Å². The lowest BCUT2D eigenvalue weighted by atomic mass is 9.90. The fraction of sp³-hybridized carbons (Fsp3) is 0.476. The predicted octanol–water partition coefficient (Wildman–Crippen LogP) is 5.20. The number of nitrogens with zero attached hydrogens (tertiary/aromatic N) is 3. The van der Waals surface area contributed by atoms with E-state index in [1.54, 1.807) is 11.3 Å². The standard InChI is InChI=1S/C21H22F3N3O2S/c1-12(10-15-4-3-9-30-15)20(28)27-7-5-14(6-8-27)18-17-16(21(22,23)24)11-13(2)25-19(17)29-26-18/h3-4,9,11-12,14H,5-8,10H2,1-2H3/t12-/m0/s1. The molecule has 5 nitrogen and oxygen atoms in total. The number of hydrogen-bond donors (Lipinski definition) is 0. The van der Waals surface area contributed by atoms with Gasteiger partial charge in [0.2, 0.25) is 5.91 Å². The molecular weight excluding hydrogens is 415 g/mol. The molecule has 1 amide bonds. The number of rotatable bonds is 4. The Labute approximate surface area is 175 Å². The molecule has 4 heterocycles. The summed E-state index contributed by atoms with van der Waals surface area (Å²) in [6.45, 7) is 4.40. The van der Waals surface area contributed by atoms with Crippen LogP contribution in [0.4, 0.5) is 13.2 Å². The fourth-order valence-electron chi connectivity index (χ4n) is 4.10. The molecule has 1 saturated heterocycles. The van der Waals surface area contributed by atoms with Crippen LogP contribution in [0, 0.1) is 12.8 Å². The van der Waals surface area contributed by atoms with Crippen molar-refractivity contribution in [3.63, 3.8) is 0 Å². The monoisotopic (exact) mass is 437 g/mol. The van der Waals surface area contributed by atoms with E-state index >= 15 is 0 Å². The summed E-state index contributed by atoms with van der Waals surface area (Å²) in [5.41, 5.74) is -0.314. The first-order valence-corrected chi connectivity index (χ1v) is 10.8. The van der Waals surface area contributed by atoms with E-state index in [2.05, 4.69) is 10.1 Å². The van der Waals surface area contributed by atoms with Gasteiger partial charge in [-0.3, -0.25) is 4.79 Å². The first kappa shape index (κ1) is 20.8. The molecule has 0 bridgehead atoms. The number of thiophene rings is 1. The Morgan fingerprint density at radius 3 is 2.73 bits per heavy atom. The number of hydrogen-bond acceptors (Lipinski definition) is 5. The van der Waals surface area contributed by atoms with E-state index in [4.69, 9.17) is 4.52 Å². The molecule has 1 atom stereocenters. The first-order valence-electron chi connectivity index (χ1n) is 9.89. The van der Waals surface area contributed by atoms with Gasteiger partial charge in [0.15, 0.2) is 0 Å². The second kappa shape index (κ2) is 8.02. The molecule has 9 heteroatoms. The van der Waals surface area contributed by atoms with E-state index < -0.39 is 11.7 Å². The minimum Gasteiger partial charge on any atom is -0.342 e. The quantitative estimate of drug-likeness (QED) is 0.563. The Balaban J connectivity index is 1.49. The Bertz CT molecular complexity index is 1040. The zero-order chi connectivity index (χ0) is 21.5. The van der Waals surface area contributed by atoms with Gasteiger partial charge in [-0.15, -0.1) is 11.3 Å². The van der Waals surface area contributed by atoms with Crippen molar-refractivity contribution in [3.05, 3.63) is 45.4 Å². The van der Waals surface area contributed by atoms with Gasteiger partial charge < -0.3 is 9.42 Å². The van der Waals surface area contributed by atoms with Crippen molar-refractivity contribution in [1.82, 2.24) is 15.0 Å². The maximum atomic E-state index is 13.6. The van der Waals surface area contributed by atoms with Gasteiger partial charge in [0.25, 0.3) is 5.71 Å². The second-order valence-corrected chi connectivity index (χ2v) is 8.87. The molecule has 30 heavy (non-hydrogen) atoms. The molecule has 1 aliphatic rings. The van der Waals surface area contributed by atoms with Crippen LogP contribution < -0.4 is 0 Å². The van der Waals surface area contributed by atoms with Crippen LogP contribution in [0.3, 0.4) is 0 Å². The van der Waals surface area contributed by atoms with Gasteiger partial charge in [-0.05, 0) is 43.7 Å². The number of fused-ring (bicyclic) bond motifs is 1. The summed E-state index contributed by atoms with van der Waals surface area (Å²) < 4.78 is 45.9. The Hall–Kier alpha value is -2.42. The number of piperidine rings is 1. The number of likely N-dealkylation sites (tertiary alicyclic amines) is 1. The number of carbonyl (C=O) groups excluding carboxylic acids is 1. The Morgan fingerprint density at radius 1 is 1.37 bits per heavy atom. The summed E-state index contributed by atoms with van der Waals surface area (Å²) in [6.07, 6.45) is -2.72. The smallest absolute Gasteiger partial charge is 0.342 e. The molecule has 0 aromatic carbocycles. The molecule has 0 N–H and O–H groups in total. The normalized spacial score (nSPS) is 16.9. The highest BCUT2D eigenvalue weighted by Gasteiger charge is 2.38. The van der Waals surface area contributed by atoms with Gasteiger partial charge in [0.1, 0.15) is 0 Å². The summed E-state index contributed by atoms with van der Waals surface area (Å²) in [4.78, 5) is 19.8. The van der Waals surface area contributed by atoms with E-state index in [1.165, 1.54) is 11.8 Å². The van der Waals surface area contributed by atoms with Crippen LogP contribution in [-0.4, -0.2) is 34.0 Å². The lowest BCUT2D eigenvalue weighted by Gasteiger charge is -2.33. The van der Waals surface area contributed by atoms with Gasteiger partial charge in [0, 0.05) is 35.5 Å². The summed E-state index contributed by atoms with van der Waals surface area (Å²) in [6, 6.07) is 5.02. The molecule has 0 unspecified atom stereocenters. The van der Waals surface area contributed by atoms with Gasteiger partial charge in [-0.25, -0.2) is 4.98 Å². The lowest BCUT2D eigenvalue weighted by Crippen LogP contribution is -2.41. The average molecular weight is 437 g/mol. The van der Waals surface area contributed by atoms with Crippen molar-refractivity contribution in [2.75, 3.05) is 13.1 Å². The highest BCUT2D eigenvalue weighted by atomic mass is 32.1. The molecule has 4 rings (SSSR count). The van der Waals surface area contributed by atoms with Crippen LogP contribution in [0.2, 0.25) is 0 Å². The van der Waals surface area contributed by atoms with E-state index in [0.29, 0.717) is 38.0 Å². The third-order valence-electron chi connectivity index (χ3n) is 5.61. The number of amides is 1. The topological polar surface area (TPSA) is 59.2 Å². The summed E-state index contributed by atoms with van der Waals surface area (Å²) in [7, 11) is 0. The average Bonchev–Trinajstić information content (AvgIpc) is 3.35. The van der Waals surface area contributed by atoms with E-state index in [0.717, 1.165) is 6.07 Å². The van der Waals surface area contributed by atoms with E-state index in [9.17, 15) is 18.0 Å². The number of carbonyl (C=O) groups is 1. The molecule has 3 aromatic rings. The van der Waals surface area contributed by atoms with Crippen LogP contribution in [0.15, 0.2) is 28.1 Å². The van der Waals surface area contributed by atoms with Crippen LogP contribution in [0.5, 0.6) is 0 Å². The largest absolute Gasteiger partial charge is 0.417 e. The van der Waals surface area contributed by atoms with Gasteiger partial charge in [-0.2, -0.15) is 13.2 Å². The second-order valence-electron chi connectivity index (χ2n) is 7.84. The minimum atomic E-state index is -4.51. The van der Waals surface area contributed by atoms with E-state index in [-0.39, 0.29) is 34.5 Å². The molecule has 0 radical (unpaired) electrons. The number of halogens is 3. The van der Waals surface area contributed by atoms with Gasteiger partial charge in [-0.1, -0.05) is 18.1 Å². The molecular formula is C21H22F3N3O2S. The number of alkyl halides is 3. The van der Waals surface area contributed by atoms with Crippen LogP contribution in [-0.2, 0) is 17.4 Å². The Morgan fingerprint density at radius 2 is 2.10 bits per heavy atom. The lowest BCUT2D eigenvalue weighted by molar-refractivity contribution is -0.136. The maximum Gasteiger partial charge on any atom is 0.417 e.